The van der Waals surface area contributed by atoms with E-state index in [-0.39, 0.29) is 5.82 Å². The molecule has 1 heterocycles. The maximum Gasteiger partial charge on any atom is 0.353 e. The van der Waals surface area contributed by atoms with Crippen molar-refractivity contribution in [3.05, 3.63) is 58.4 Å². The van der Waals surface area contributed by atoms with Crippen LogP contribution in [0.4, 0.5) is 10.2 Å². The van der Waals surface area contributed by atoms with Crippen LogP contribution in [0.25, 0.3) is 12.3 Å². The fourth-order valence-electron chi connectivity index (χ4n) is 1.29. The van der Waals surface area contributed by atoms with Gasteiger partial charge in [0.25, 0.3) is 0 Å². The van der Waals surface area contributed by atoms with Crippen LogP contribution in [-0.2, 0) is 0 Å². The number of nitrogens with zero attached hydrogens (tertiary/aromatic N) is 2. The zero-order valence-electron chi connectivity index (χ0n) is 8.88. The van der Waals surface area contributed by atoms with Crippen LogP contribution in [0.3, 0.4) is 0 Å². The first-order valence-electron chi connectivity index (χ1n) is 4.94. The van der Waals surface area contributed by atoms with Crippen molar-refractivity contribution in [1.82, 2.24) is 9.55 Å². The van der Waals surface area contributed by atoms with Gasteiger partial charge in [-0.05, 0) is 11.6 Å². The molecule has 86 valence electrons. The monoisotopic (exact) mass is 231 g/mol. The number of benzene rings is 1. The Morgan fingerprint density at radius 1 is 1.29 bits per heavy atom. The molecule has 5 heteroatoms. The lowest BCUT2D eigenvalue weighted by molar-refractivity contribution is 0.610. The summed E-state index contributed by atoms with van der Waals surface area (Å²) in [5, 5.41) is 0. The summed E-state index contributed by atoms with van der Waals surface area (Å²) in [6.07, 6.45) is 4.12. The maximum atomic E-state index is 13.1. The molecule has 1 aromatic heterocycles. The van der Waals surface area contributed by atoms with E-state index in [0.29, 0.717) is 0 Å². The van der Waals surface area contributed by atoms with Crippen LogP contribution < -0.4 is 11.4 Å². The van der Waals surface area contributed by atoms with Gasteiger partial charge in [-0.1, -0.05) is 30.3 Å². The molecule has 0 aliphatic rings. The third kappa shape index (κ3) is 2.57. The van der Waals surface area contributed by atoms with Crippen LogP contribution in [0, 0.1) is 5.82 Å². The number of aromatic nitrogens is 2. The average Bonchev–Trinajstić information content (AvgIpc) is 2.33. The fraction of sp³-hybridized carbons (Fsp3) is 0. The van der Waals surface area contributed by atoms with Gasteiger partial charge in [0.2, 0.25) is 0 Å². The van der Waals surface area contributed by atoms with E-state index in [1.54, 1.807) is 6.08 Å². The number of hydrogen-bond acceptors (Lipinski definition) is 3. The fourth-order valence-corrected chi connectivity index (χ4v) is 1.29. The molecule has 4 nitrogen and oxygen atoms in total. The number of nitrogen functional groups attached to an aromatic ring is 1. The summed E-state index contributed by atoms with van der Waals surface area (Å²) in [5.41, 5.74) is 5.46. The molecule has 0 bridgehead atoms. The molecule has 0 atom stereocenters. The third-order valence-electron chi connectivity index (χ3n) is 2.16. The summed E-state index contributed by atoms with van der Waals surface area (Å²) in [6.45, 7) is 0. The minimum atomic E-state index is -0.720. The second kappa shape index (κ2) is 4.61. The first-order chi connectivity index (χ1) is 8.16. The number of halogens is 1. The molecule has 2 rings (SSSR count). The smallest absolute Gasteiger partial charge is 0.353 e. The highest BCUT2D eigenvalue weighted by molar-refractivity contribution is 5.60. The predicted molar refractivity (Wildman–Crippen MR) is 64.5 cm³/mol. The van der Waals surface area contributed by atoms with E-state index < -0.39 is 11.5 Å². The van der Waals surface area contributed by atoms with Gasteiger partial charge in [0.05, 0.1) is 6.20 Å². The summed E-state index contributed by atoms with van der Waals surface area (Å²) in [5.74, 6) is -1.11. The second-order valence-electron chi connectivity index (χ2n) is 3.39. The highest BCUT2D eigenvalue weighted by atomic mass is 19.1. The van der Waals surface area contributed by atoms with E-state index >= 15 is 0 Å². The van der Waals surface area contributed by atoms with Crippen LogP contribution in [0.15, 0.2) is 41.3 Å². The lowest BCUT2D eigenvalue weighted by Crippen LogP contribution is -2.20. The third-order valence-corrected chi connectivity index (χ3v) is 2.16. The van der Waals surface area contributed by atoms with Gasteiger partial charge in [-0.3, -0.25) is 4.57 Å². The first-order valence-corrected chi connectivity index (χ1v) is 4.94. The molecule has 0 spiro atoms. The normalized spacial score (nSPS) is 10.9. The van der Waals surface area contributed by atoms with E-state index in [4.69, 9.17) is 5.73 Å². The Hall–Kier alpha value is -2.43. The van der Waals surface area contributed by atoms with Crippen molar-refractivity contribution in [2.24, 2.45) is 0 Å². The van der Waals surface area contributed by atoms with Gasteiger partial charge >= 0.3 is 5.69 Å². The Labute approximate surface area is 96.8 Å². The minimum Gasteiger partial charge on any atom is -0.381 e. The number of rotatable bonds is 2. The molecular weight excluding hydrogens is 221 g/mol. The summed E-state index contributed by atoms with van der Waals surface area (Å²) in [6, 6.07) is 9.34. The van der Waals surface area contributed by atoms with Crippen molar-refractivity contribution in [1.29, 1.82) is 0 Å². The largest absolute Gasteiger partial charge is 0.381 e. The van der Waals surface area contributed by atoms with Gasteiger partial charge in [-0.2, -0.15) is 4.98 Å². The maximum absolute atomic E-state index is 13.1. The molecule has 2 N–H and O–H groups in total. The van der Waals surface area contributed by atoms with Crippen LogP contribution in [-0.4, -0.2) is 9.55 Å². The van der Waals surface area contributed by atoms with Gasteiger partial charge in [-0.15, -0.1) is 0 Å². The van der Waals surface area contributed by atoms with Crippen molar-refractivity contribution >= 4 is 18.1 Å². The molecule has 0 fully saturated rings. The second-order valence-corrected chi connectivity index (χ2v) is 3.39. The lowest BCUT2D eigenvalue weighted by atomic mass is 10.2. The lowest BCUT2D eigenvalue weighted by Gasteiger charge is -1.99. The van der Waals surface area contributed by atoms with Gasteiger partial charge < -0.3 is 5.73 Å². The molecule has 2 aromatic rings. The predicted octanol–water partition coefficient (Wildman–Crippen LogP) is 1.59. The van der Waals surface area contributed by atoms with Crippen LogP contribution in [0.5, 0.6) is 0 Å². The Bertz CT molecular complexity index is 605. The Balaban J connectivity index is 2.34. The summed E-state index contributed by atoms with van der Waals surface area (Å²) >= 11 is 0. The number of nitrogens with two attached hydrogens (primary N) is 1. The van der Waals surface area contributed by atoms with E-state index in [0.717, 1.165) is 16.3 Å². The van der Waals surface area contributed by atoms with E-state index in [9.17, 15) is 9.18 Å². The van der Waals surface area contributed by atoms with E-state index in [1.165, 1.54) is 6.20 Å². The molecular formula is C12H10FN3O. The van der Waals surface area contributed by atoms with Gasteiger partial charge in [-0.25, -0.2) is 9.18 Å². The standard InChI is InChI=1S/C12H10FN3O/c13-10-8-16(12(17)15-11(10)14)7-6-9-4-2-1-3-5-9/h1-8H,(H2,14,15,17)/b7-6+. The van der Waals surface area contributed by atoms with E-state index in [1.807, 2.05) is 30.3 Å². The summed E-state index contributed by atoms with van der Waals surface area (Å²) in [7, 11) is 0. The average molecular weight is 231 g/mol. The SMILES string of the molecule is Nc1nc(=O)n(/C=C/c2ccccc2)cc1F. The zero-order valence-corrected chi connectivity index (χ0v) is 8.88. The molecule has 1 aromatic carbocycles. The minimum absolute atomic E-state index is 0.389. The molecule has 17 heavy (non-hydrogen) atoms. The zero-order chi connectivity index (χ0) is 12.3. The quantitative estimate of drug-likeness (QED) is 0.853. The van der Waals surface area contributed by atoms with Gasteiger partial charge in [0, 0.05) is 6.20 Å². The van der Waals surface area contributed by atoms with Crippen LogP contribution >= 0.6 is 0 Å². The molecule has 0 saturated carbocycles. The van der Waals surface area contributed by atoms with Crippen LogP contribution in [0.2, 0.25) is 0 Å². The number of hydrogen-bond donors (Lipinski definition) is 1. The highest BCUT2D eigenvalue weighted by Crippen LogP contribution is 2.04. The Morgan fingerprint density at radius 3 is 2.71 bits per heavy atom. The van der Waals surface area contributed by atoms with Crippen molar-refractivity contribution < 1.29 is 4.39 Å². The van der Waals surface area contributed by atoms with Crippen molar-refractivity contribution in [3.8, 4) is 0 Å². The molecule has 0 aliphatic heterocycles. The van der Waals surface area contributed by atoms with Crippen molar-refractivity contribution in [2.45, 2.75) is 0 Å². The van der Waals surface area contributed by atoms with Crippen LogP contribution in [0.1, 0.15) is 5.56 Å². The highest BCUT2D eigenvalue weighted by Gasteiger charge is 2.02. The van der Waals surface area contributed by atoms with Gasteiger partial charge in [0.1, 0.15) is 0 Å². The molecule has 0 radical (unpaired) electrons. The van der Waals surface area contributed by atoms with Gasteiger partial charge in [0.15, 0.2) is 11.6 Å². The topological polar surface area (TPSA) is 60.9 Å². The van der Waals surface area contributed by atoms with E-state index in [2.05, 4.69) is 4.98 Å². The molecule has 0 unspecified atom stereocenters. The molecule has 0 saturated heterocycles. The molecule has 0 amide bonds. The first kappa shape index (κ1) is 11.1. The Morgan fingerprint density at radius 2 is 2.00 bits per heavy atom. The number of anilines is 1. The summed E-state index contributed by atoms with van der Waals surface area (Å²) in [4.78, 5) is 14.7. The molecule has 0 aliphatic carbocycles. The van der Waals surface area contributed by atoms with Crippen molar-refractivity contribution in [2.75, 3.05) is 5.73 Å². The Kier molecular flexibility index (Phi) is 3.00. The van der Waals surface area contributed by atoms with Crippen molar-refractivity contribution in [3.63, 3.8) is 0 Å². The summed E-state index contributed by atoms with van der Waals surface area (Å²) < 4.78 is 14.1.